The molecule has 1 aromatic rings. The van der Waals surface area contributed by atoms with Crippen LogP contribution in [0.2, 0.25) is 0 Å². The highest BCUT2D eigenvalue weighted by atomic mass is 32.8. The van der Waals surface area contributed by atoms with Crippen molar-refractivity contribution in [3.8, 4) is 0 Å². The zero-order valence-electron chi connectivity index (χ0n) is 6.51. The number of hydrogen-bond acceptors (Lipinski definition) is 1. The van der Waals surface area contributed by atoms with Crippen LogP contribution in [-0.2, 0) is 26.4 Å². The van der Waals surface area contributed by atoms with Gasteiger partial charge in [0.1, 0.15) is 0 Å². The molecule has 0 aliphatic heterocycles. The molecule has 0 saturated carbocycles. The third-order valence-corrected chi connectivity index (χ3v) is 2.45. The van der Waals surface area contributed by atoms with Crippen LogP contribution in [0.25, 0.3) is 0 Å². The molecule has 12 heavy (non-hydrogen) atoms. The van der Waals surface area contributed by atoms with E-state index < -0.39 is 11.6 Å². The first kappa shape index (κ1) is 9.74. The van der Waals surface area contributed by atoms with Crippen molar-refractivity contribution < 1.29 is 8.78 Å². The van der Waals surface area contributed by atoms with Gasteiger partial charge in [0.2, 0.25) is 0 Å². The molecule has 1 aromatic carbocycles. The molecule has 0 aliphatic rings. The summed E-state index contributed by atoms with van der Waals surface area (Å²) in [6.07, 6.45) is 1.89. The zero-order chi connectivity index (χ0) is 9.14. The van der Waals surface area contributed by atoms with E-state index in [1.165, 1.54) is 6.07 Å². The quantitative estimate of drug-likeness (QED) is 0.714. The molecule has 0 radical (unpaired) electrons. The van der Waals surface area contributed by atoms with Crippen molar-refractivity contribution in [2.24, 2.45) is 0 Å². The Hall–Kier alpha value is -0.350. The Kier molecular flexibility index (Phi) is 3.29. The fourth-order valence-electron chi connectivity index (χ4n) is 0.864. The van der Waals surface area contributed by atoms with Crippen LogP contribution in [0.15, 0.2) is 18.2 Å². The molecule has 1 rings (SSSR count). The van der Waals surface area contributed by atoms with E-state index in [2.05, 4.69) is 0 Å². The fraction of sp³-hybridized carbons (Fsp3) is 0.250. The molecule has 66 valence electrons. The van der Waals surface area contributed by atoms with Crippen LogP contribution in [0.4, 0.5) is 8.78 Å². The summed E-state index contributed by atoms with van der Waals surface area (Å²) in [5.41, 5.74) is 0.759. The Balaban J connectivity index is 2.89. The Morgan fingerprint density at radius 2 is 2.00 bits per heavy atom. The van der Waals surface area contributed by atoms with E-state index in [0.717, 1.165) is 11.6 Å². The summed E-state index contributed by atoms with van der Waals surface area (Å²) in [5, 5.41) is 0. The van der Waals surface area contributed by atoms with E-state index in [4.69, 9.17) is 11.2 Å². The third-order valence-electron chi connectivity index (χ3n) is 1.35. The van der Waals surface area contributed by atoms with Crippen LogP contribution in [-0.4, -0.2) is 6.26 Å². The minimum absolute atomic E-state index is 0.187. The van der Waals surface area contributed by atoms with Gasteiger partial charge in [0.25, 0.3) is 0 Å². The van der Waals surface area contributed by atoms with Crippen LogP contribution >= 0.6 is 0 Å². The summed E-state index contributed by atoms with van der Waals surface area (Å²) in [6, 6.07) is 3.90. The van der Waals surface area contributed by atoms with Crippen LogP contribution in [0.3, 0.4) is 0 Å². The predicted molar refractivity (Wildman–Crippen MR) is 50.7 cm³/mol. The lowest BCUT2D eigenvalue weighted by Gasteiger charge is -2.00. The summed E-state index contributed by atoms with van der Waals surface area (Å²) in [5.74, 6) is -0.973. The number of benzene rings is 1. The molecule has 0 bridgehead atoms. The number of halogens is 2. The minimum Gasteiger partial charge on any atom is -0.204 e. The SMILES string of the molecule is CS(=S)Cc1ccc(F)c(F)c1. The average molecular weight is 206 g/mol. The van der Waals surface area contributed by atoms with Gasteiger partial charge in [-0.15, -0.1) is 9.45 Å². The van der Waals surface area contributed by atoms with Crippen molar-refractivity contribution in [1.29, 1.82) is 0 Å². The zero-order valence-corrected chi connectivity index (χ0v) is 8.14. The molecule has 0 saturated heterocycles. The van der Waals surface area contributed by atoms with Gasteiger partial charge in [-0.3, -0.25) is 0 Å². The van der Waals surface area contributed by atoms with Crippen LogP contribution in [0, 0.1) is 11.6 Å². The maximum absolute atomic E-state index is 12.6. The maximum atomic E-state index is 12.6. The maximum Gasteiger partial charge on any atom is 0.159 e. The summed E-state index contributed by atoms with van der Waals surface area (Å²) in [7, 11) is -0.187. The van der Waals surface area contributed by atoms with Crippen molar-refractivity contribution in [3.63, 3.8) is 0 Å². The first-order chi connectivity index (χ1) is 5.59. The fourth-order valence-corrected chi connectivity index (χ4v) is 1.92. The second kappa shape index (κ2) is 4.05. The molecule has 1 unspecified atom stereocenters. The Labute approximate surface area is 77.2 Å². The van der Waals surface area contributed by atoms with Crippen molar-refractivity contribution in [3.05, 3.63) is 35.4 Å². The molecule has 4 heteroatoms. The van der Waals surface area contributed by atoms with Crippen molar-refractivity contribution in [2.75, 3.05) is 6.26 Å². The lowest BCUT2D eigenvalue weighted by Crippen LogP contribution is -1.93. The van der Waals surface area contributed by atoms with Gasteiger partial charge >= 0.3 is 0 Å². The first-order valence-electron chi connectivity index (χ1n) is 3.33. The van der Waals surface area contributed by atoms with Crippen molar-refractivity contribution >= 4 is 20.6 Å². The summed E-state index contributed by atoms with van der Waals surface area (Å²) in [6.45, 7) is 0. The summed E-state index contributed by atoms with van der Waals surface area (Å²) >= 11 is 4.95. The minimum atomic E-state index is -0.806. The van der Waals surface area contributed by atoms with E-state index >= 15 is 0 Å². The molecule has 0 spiro atoms. The van der Waals surface area contributed by atoms with Crippen LogP contribution in [0.5, 0.6) is 0 Å². The smallest absolute Gasteiger partial charge is 0.159 e. The Bertz CT molecular complexity index is 310. The second-order valence-electron chi connectivity index (χ2n) is 2.47. The summed E-state index contributed by atoms with van der Waals surface area (Å²) in [4.78, 5) is 0. The van der Waals surface area contributed by atoms with Gasteiger partial charge in [0.05, 0.1) is 0 Å². The van der Waals surface area contributed by atoms with E-state index in [0.29, 0.717) is 5.75 Å². The molecule has 0 nitrogen and oxygen atoms in total. The number of rotatable bonds is 2. The standard InChI is InChI=1S/C8H8F2S2/c1-12(11)5-6-2-3-7(9)8(10)4-6/h2-4H,5H2,1H3. The lowest BCUT2D eigenvalue weighted by molar-refractivity contribution is 0.507. The van der Waals surface area contributed by atoms with Crippen LogP contribution < -0.4 is 0 Å². The topological polar surface area (TPSA) is 0 Å². The normalized spacial score (nSPS) is 12.9. The monoisotopic (exact) mass is 206 g/mol. The lowest BCUT2D eigenvalue weighted by atomic mass is 10.2. The van der Waals surface area contributed by atoms with Gasteiger partial charge < -0.3 is 0 Å². The van der Waals surface area contributed by atoms with Gasteiger partial charge in [-0.05, 0) is 24.0 Å². The van der Waals surface area contributed by atoms with Crippen molar-refractivity contribution in [1.82, 2.24) is 0 Å². The molecule has 0 fully saturated rings. The van der Waals surface area contributed by atoms with E-state index in [-0.39, 0.29) is 9.45 Å². The van der Waals surface area contributed by atoms with Gasteiger partial charge in [-0.25, -0.2) is 8.78 Å². The van der Waals surface area contributed by atoms with Gasteiger partial charge in [-0.1, -0.05) is 17.3 Å². The molecule has 0 aliphatic carbocycles. The van der Waals surface area contributed by atoms with Gasteiger partial charge in [0.15, 0.2) is 11.6 Å². The molecular formula is C8H8F2S2. The predicted octanol–water partition coefficient (Wildman–Crippen LogP) is 2.17. The van der Waals surface area contributed by atoms with Crippen LogP contribution in [0.1, 0.15) is 5.56 Å². The van der Waals surface area contributed by atoms with E-state index in [9.17, 15) is 8.78 Å². The van der Waals surface area contributed by atoms with Gasteiger partial charge in [-0.2, -0.15) is 0 Å². The number of hydrogen-bond donors (Lipinski definition) is 0. The van der Waals surface area contributed by atoms with E-state index in [1.807, 2.05) is 6.26 Å². The summed E-state index contributed by atoms with van der Waals surface area (Å²) < 4.78 is 25.1. The molecule has 0 aromatic heterocycles. The largest absolute Gasteiger partial charge is 0.204 e. The third kappa shape index (κ3) is 2.60. The molecule has 0 amide bonds. The molecule has 0 N–H and O–H groups in total. The average Bonchev–Trinajstić information content (AvgIpc) is 1.96. The van der Waals surface area contributed by atoms with Gasteiger partial charge in [0, 0.05) is 5.75 Å². The van der Waals surface area contributed by atoms with E-state index in [1.54, 1.807) is 6.07 Å². The van der Waals surface area contributed by atoms with Crippen molar-refractivity contribution in [2.45, 2.75) is 5.75 Å². The molecule has 0 heterocycles. The first-order valence-corrected chi connectivity index (χ1v) is 6.06. The molecular weight excluding hydrogens is 198 g/mol. The Morgan fingerprint density at radius 1 is 1.33 bits per heavy atom. The highest BCUT2D eigenvalue weighted by Gasteiger charge is 2.01. The molecule has 1 atom stereocenters. The highest BCUT2D eigenvalue weighted by molar-refractivity contribution is 8.28. The Morgan fingerprint density at radius 3 is 2.50 bits per heavy atom. The second-order valence-corrected chi connectivity index (χ2v) is 5.61. The highest BCUT2D eigenvalue weighted by Crippen LogP contribution is 2.09.